The van der Waals surface area contributed by atoms with Gasteiger partial charge in [-0.2, -0.15) is 0 Å². The molecule has 4 rings (SSSR count). The Labute approximate surface area is 153 Å². The van der Waals surface area contributed by atoms with E-state index in [1.807, 2.05) is 25.1 Å². The number of ether oxygens (including phenoxy) is 3. The van der Waals surface area contributed by atoms with Crippen molar-refractivity contribution in [2.24, 2.45) is 0 Å². The molecule has 2 aliphatic heterocycles. The van der Waals surface area contributed by atoms with Crippen LogP contribution in [0.25, 0.3) is 0 Å². The van der Waals surface area contributed by atoms with Gasteiger partial charge >= 0.3 is 0 Å². The zero-order chi connectivity index (χ0) is 17.9. The van der Waals surface area contributed by atoms with E-state index < -0.39 is 0 Å². The maximum Gasteiger partial charge on any atom is 0.161 e. The monoisotopic (exact) mass is 356 g/mol. The van der Waals surface area contributed by atoms with Crippen LogP contribution in [-0.4, -0.2) is 61.9 Å². The first-order valence-corrected chi connectivity index (χ1v) is 8.91. The SMILES string of the molecule is CN(C)c1nccnc1C1CN(Cc2ccc3c(c2)OCCO3)CCO1. The van der Waals surface area contributed by atoms with Crippen LogP contribution >= 0.6 is 0 Å². The van der Waals surface area contributed by atoms with E-state index in [1.54, 1.807) is 12.4 Å². The van der Waals surface area contributed by atoms with E-state index in [0.717, 1.165) is 42.6 Å². The molecule has 138 valence electrons. The number of morpholine rings is 1. The topological polar surface area (TPSA) is 60.0 Å². The minimum Gasteiger partial charge on any atom is -0.486 e. The quantitative estimate of drug-likeness (QED) is 0.829. The fraction of sp³-hybridized carbons (Fsp3) is 0.474. The predicted molar refractivity (Wildman–Crippen MR) is 97.8 cm³/mol. The van der Waals surface area contributed by atoms with E-state index in [2.05, 4.69) is 27.0 Å². The Kier molecular flexibility index (Phi) is 4.90. The molecule has 0 aliphatic carbocycles. The van der Waals surface area contributed by atoms with E-state index in [4.69, 9.17) is 14.2 Å². The lowest BCUT2D eigenvalue weighted by atomic mass is 10.1. The largest absolute Gasteiger partial charge is 0.486 e. The zero-order valence-electron chi connectivity index (χ0n) is 15.2. The molecule has 7 heteroatoms. The average molecular weight is 356 g/mol. The second-order valence-electron chi connectivity index (χ2n) is 6.73. The standard InChI is InChI=1S/C19H24N4O3/c1-22(2)19-18(20-5-6-21-19)17-13-23(7-8-24-17)12-14-3-4-15-16(11-14)26-10-9-25-15/h3-6,11,17H,7-10,12-13H2,1-2H3. The maximum atomic E-state index is 6.00. The minimum absolute atomic E-state index is 0.0768. The van der Waals surface area contributed by atoms with Gasteiger partial charge in [0.15, 0.2) is 17.3 Å². The molecule has 1 fully saturated rings. The lowest BCUT2D eigenvalue weighted by molar-refractivity contribution is -0.0348. The molecule has 0 bridgehead atoms. The molecular formula is C19H24N4O3. The molecule has 1 saturated heterocycles. The number of hydrogen-bond acceptors (Lipinski definition) is 7. The van der Waals surface area contributed by atoms with Crippen molar-refractivity contribution in [3.8, 4) is 11.5 Å². The van der Waals surface area contributed by atoms with Crippen LogP contribution in [-0.2, 0) is 11.3 Å². The third-order valence-corrected chi connectivity index (χ3v) is 4.60. The van der Waals surface area contributed by atoms with Crippen LogP contribution in [0.1, 0.15) is 17.4 Å². The van der Waals surface area contributed by atoms with Gasteiger partial charge in [0, 0.05) is 46.1 Å². The number of nitrogens with zero attached hydrogens (tertiary/aromatic N) is 4. The Morgan fingerprint density at radius 2 is 1.88 bits per heavy atom. The molecule has 1 unspecified atom stereocenters. The van der Waals surface area contributed by atoms with E-state index in [9.17, 15) is 0 Å². The summed E-state index contributed by atoms with van der Waals surface area (Å²) in [6.45, 7) is 4.42. The number of benzene rings is 1. The second-order valence-corrected chi connectivity index (χ2v) is 6.73. The molecular weight excluding hydrogens is 332 g/mol. The van der Waals surface area contributed by atoms with E-state index >= 15 is 0 Å². The molecule has 7 nitrogen and oxygen atoms in total. The van der Waals surface area contributed by atoms with Crippen molar-refractivity contribution in [3.63, 3.8) is 0 Å². The Balaban J connectivity index is 1.47. The first kappa shape index (κ1) is 17.1. The molecule has 2 aliphatic rings. The first-order chi connectivity index (χ1) is 12.7. The highest BCUT2D eigenvalue weighted by molar-refractivity contribution is 5.44. The summed E-state index contributed by atoms with van der Waals surface area (Å²) in [4.78, 5) is 13.3. The van der Waals surface area contributed by atoms with E-state index in [0.29, 0.717) is 19.8 Å². The van der Waals surface area contributed by atoms with Crippen LogP contribution in [0.5, 0.6) is 11.5 Å². The van der Waals surface area contributed by atoms with Gasteiger partial charge in [-0.25, -0.2) is 4.98 Å². The van der Waals surface area contributed by atoms with Crippen molar-refractivity contribution >= 4 is 5.82 Å². The highest BCUT2D eigenvalue weighted by Crippen LogP contribution is 2.32. The normalized spacial score (nSPS) is 20.0. The van der Waals surface area contributed by atoms with E-state index in [-0.39, 0.29) is 6.10 Å². The second kappa shape index (κ2) is 7.47. The summed E-state index contributed by atoms with van der Waals surface area (Å²) >= 11 is 0. The van der Waals surface area contributed by atoms with Crippen LogP contribution in [0.4, 0.5) is 5.82 Å². The maximum absolute atomic E-state index is 6.00. The predicted octanol–water partition coefficient (Wildman–Crippen LogP) is 1.89. The zero-order valence-corrected chi connectivity index (χ0v) is 15.2. The molecule has 0 radical (unpaired) electrons. The molecule has 0 N–H and O–H groups in total. The Morgan fingerprint density at radius 3 is 2.73 bits per heavy atom. The smallest absolute Gasteiger partial charge is 0.161 e. The van der Waals surface area contributed by atoms with E-state index in [1.165, 1.54) is 5.56 Å². The molecule has 2 aromatic rings. The molecule has 26 heavy (non-hydrogen) atoms. The molecule has 1 aromatic heterocycles. The lowest BCUT2D eigenvalue weighted by Gasteiger charge is -2.33. The van der Waals surface area contributed by atoms with Crippen LogP contribution in [0.3, 0.4) is 0 Å². The van der Waals surface area contributed by atoms with Gasteiger partial charge in [0.05, 0.1) is 6.61 Å². The van der Waals surface area contributed by atoms with Gasteiger partial charge in [0.1, 0.15) is 25.0 Å². The number of hydrogen-bond donors (Lipinski definition) is 0. The van der Waals surface area contributed by atoms with Crippen LogP contribution in [0, 0.1) is 0 Å². The fourth-order valence-corrected chi connectivity index (χ4v) is 3.37. The van der Waals surface area contributed by atoms with Crippen LogP contribution < -0.4 is 14.4 Å². The summed E-state index contributed by atoms with van der Waals surface area (Å²) < 4.78 is 17.3. The summed E-state index contributed by atoms with van der Waals surface area (Å²) in [6, 6.07) is 6.17. The average Bonchev–Trinajstić information content (AvgIpc) is 2.68. The molecule has 0 saturated carbocycles. The van der Waals surface area contributed by atoms with Crippen molar-refractivity contribution in [1.29, 1.82) is 0 Å². The number of anilines is 1. The van der Waals surface area contributed by atoms with Crippen LogP contribution in [0.2, 0.25) is 0 Å². The molecule has 0 spiro atoms. The highest BCUT2D eigenvalue weighted by Gasteiger charge is 2.26. The van der Waals surface area contributed by atoms with Gasteiger partial charge in [-0.05, 0) is 17.7 Å². The first-order valence-electron chi connectivity index (χ1n) is 8.91. The van der Waals surface area contributed by atoms with Gasteiger partial charge in [-0.1, -0.05) is 6.07 Å². The summed E-state index contributed by atoms with van der Waals surface area (Å²) in [5.74, 6) is 2.52. The Morgan fingerprint density at radius 1 is 1.08 bits per heavy atom. The minimum atomic E-state index is -0.0768. The van der Waals surface area contributed by atoms with Crippen LogP contribution in [0.15, 0.2) is 30.6 Å². The summed E-state index contributed by atoms with van der Waals surface area (Å²) in [5, 5.41) is 0. The Bertz CT molecular complexity index is 768. The third-order valence-electron chi connectivity index (χ3n) is 4.60. The fourth-order valence-electron chi connectivity index (χ4n) is 3.37. The van der Waals surface area contributed by atoms with Crippen molar-refractivity contribution in [1.82, 2.24) is 14.9 Å². The number of aromatic nitrogens is 2. The summed E-state index contributed by atoms with van der Waals surface area (Å²) in [7, 11) is 3.95. The number of rotatable bonds is 4. The lowest BCUT2D eigenvalue weighted by Crippen LogP contribution is -2.38. The summed E-state index contributed by atoms with van der Waals surface area (Å²) in [6.07, 6.45) is 3.37. The van der Waals surface area contributed by atoms with Crippen molar-refractivity contribution in [2.45, 2.75) is 12.6 Å². The van der Waals surface area contributed by atoms with Crippen molar-refractivity contribution in [2.75, 3.05) is 51.9 Å². The number of fused-ring (bicyclic) bond motifs is 1. The van der Waals surface area contributed by atoms with Gasteiger partial charge < -0.3 is 19.1 Å². The molecule has 0 amide bonds. The highest BCUT2D eigenvalue weighted by atomic mass is 16.6. The molecule has 1 atom stereocenters. The van der Waals surface area contributed by atoms with Gasteiger partial charge in [0.25, 0.3) is 0 Å². The molecule has 1 aromatic carbocycles. The Hall–Kier alpha value is -2.38. The van der Waals surface area contributed by atoms with Crippen molar-refractivity contribution in [3.05, 3.63) is 41.9 Å². The third kappa shape index (κ3) is 3.59. The van der Waals surface area contributed by atoms with Gasteiger partial charge in [-0.15, -0.1) is 0 Å². The van der Waals surface area contributed by atoms with Gasteiger partial charge in [0.2, 0.25) is 0 Å². The van der Waals surface area contributed by atoms with Crippen molar-refractivity contribution < 1.29 is 14.2 Å². The van der Waals surface area contributed by atoms with Gasteiger partial charge in [-0.3, -0.25) is 9.88 Å². The molecule has 3 heterocycles. The summed E-state index contributed by atoms with van der Waals surface area (Å²) in [5.41, 5.74) is 2.10.